The molecule has 0 radical (unpaired) electrons. The fourth-order valence-electron chi connectivity index (χ4n) is 2.07. The maximum atomic E-state index is 12.7. The number of hydrogen-bond acceptors (Lipinski definition) is 1. The summed E-state index contributed by atoms with van der Waals surface area (Å²) >= 11 is 0. The van der Waals surface area contributed by atoms with E-state index in [1.54, 1.807) is 6.07 Å². The second-order valence-corrected chi connectivity index (χ2v) is 4.14. The number of ketones is 1. The van der Waals surface area contributed by atoms with Crippen LogP contribution in [0.2, 0.25) is 0 Å². The van der Waals surface area contributed by atoms with Crippen molar-refractivity contribution in [2.45, 2.75) is 25.4 Å². The maximum absolute atomic E-state index is 12.7. The van der Waals surface area contributed by atoms with Crippen molar-refractivity contribution in [3.63, 3.8) is 0 Å². The third-order valence-corrected chi connectivity index (χ3v) is 2.98. The summed E-state index contributed by atoms with van der Waals surface area (Å²) in [6.45, 7) is 1.43. The molecule has 0 aliphatic heterocycles. The molecular formula is C12H11F3O. The molecule has 1 nitrogen and oxygen atoms in total. The first-order valence-electron chi connectivity index (χ1n) is 5.08. The van der Waals surface area contributed by atoms with E-state index in [9.17, 15) is 18.0 Å². The van der Waals surface area contributed by atoms with E-state index in [-0.39, 0.29) is 23.2 Å². The Morgan fingerprint density at radius 2 is 1.94 bits per heavy atom. The van der Waals surface area contributed by atoms with E-state index in [4.69, 9.17) is 0 Å². The first kappa shape index (κ1) is 11.2. The van der Waals surface area contributed by atoms with Gasteiger partial charge in [0.15, 0.2) is 0 Å². The van der Waals surface area contributed by atoms with Gasteiger partial charge in [0.2, 0.25) is 0 Å². The molecule has 0 bridgehead atoms. The van der Waals surface area contributed by atoms with E-state index in [2.05, 4.69) is 0 Å². The molecule has 0 saturated heterocycles. The molecule has 86 valence electrons. The highest BCUT2D eigenvalue weighted by molar-refractivity contribution is 5.82. The molecule has 2 rings (SSSR count). The monoisotopic (exact) mass is 228 g/mol. The zero-order chi connectivity index (χ0) is 11.9. The van der Waals surface area contributed by atoms with Crippen LogP contribution in [0.4, 0.5) is 13.2 Å². The van der Waals surface area contributed by atoms with E-state index in [0.29, 0.717) is 6.42 Å². The zero-order valence-electron chi connectivity index (χ0n) is 8.71. The lowest BCUT2D eigenvalue weighted by Crippen LogP contribution is -2.09. The van der Waals surface area contributed by atoms with Crippen molar-refractivity contribution in [3.05, 3.63) is 35.4 Å². The molecule has 1 aromatic carbocycles. The summed E-state index contributed by atoms with van der Waals surface area (Å²) in [5, 5.41) is 0. The lowest BCUT2D eigenvalue weighted by molar-refractivity contribution is -0.138. The zero-order valence-corrected chi connectivity index (χ0v) is 8.71. The molecule has 1 aliphatic carbocycles. The minimum absolute atomic E-state index is 0.0259. The van der Waals surface area contributed by atoms with Gasteiger partial charge in [-0.15, -0.1) is 0 Å². The molecule has 2 atom stereocenters. The summed E-state index contributed by atoms with van der Waals surface area (Å²) in [6, 6.07) is 5.50. The van der Waals surface area contributed by atoms with Gasteiger partial charge in [0.25, 0.3) is 0 Å². The minimum Gasteiger partial charge on any atom is -0.300 e. The molecular weight excluding hydrogens is 217 g/mol. The van der Waals surface area contributed by atoms with Gasteiger partial charge in [-0.05, 0) is 30.9 Å². The van der Waals surface area contributed by atoms with Crippen LogP contribution in [0.5, 0.6) is 0 Å². The van der Waals surface area contributed by atoms with Gasteiger partial charge in [-0.3, -0.25) is 4.79 Å². The predicted molar refractivity (Wildman–Crippen MR) is 53.0 cm³/mol. The van der Waals surface area contributed by atoms with Crippen molar-refractivity contribution in [1.82, 2.24) is 0 Å². The Balaban J connectivity index is 2.33. The highest BCUT2D eigenvalue weighted by atomic mass is 19.4. The maximum Gasteiger partial charge on any atom is 0.416 e. The lowest BCUT2D eigenvalue weighted by Gasteiger charge is -2.11. The topological polar surface area (TPSA) is 17.1 Å². The van der Waals surface area contributed by atoms with Gasteiger partial charge in [0, 0.05) is 5.92 Å². The normalized spacial score (nSPS) is 24.2. The molecule has 1 fully saturated rings. The van der Waals surface area contributed by atoms with Gasteiger partial charge in [-0.1, -0.05) is 18.2 Å². The van der Waals surface area contributed by atoms with Crippen LogP contribution in [-0.4, -0.2) is 5.78 Å². The van der Waals surface area contributed by atoms with Crippen LogP contribution in [-0.2, 0) is 11.0 Å². The van der Waals surface area contributed by atoms with E-state index in [1.165, 1.54) is 19.1 Å². The molecule has 1 aliphatic rings. The Bertz CT molecular complexity index is 423. The highest BCUT2D eigenvalue weighted by Gasteiger charge is 2.46. The van der Waals surface area contributed by atoms with Gasteiger partial charge in [0.1, 0.15) is 5.78 Å². The molecule has 16 heavy (non-hydrogen) atoms. The van der Waals surface area contributed by atoms with Gasteiger partial charge < -0.3 is 0 Å². The smallest absolute Gasteiger partial charge is 0.300 e. The fraction of sp³-hybridized carbons (Fsp3) is 0.417. The Hall–Kier alpha value is -1.32. The number of alkyl halides is 3. The van der Waals surface area contributed by atoms with E-state index in [1.807, 2.05) is 0 Å². The molecule has 0 amide bonds. The van der Waals surface area contributed by atoms with Crippen LogP contribution in [0.25, 0.3) is 0 Å². The van der Waals surface area contributed by atoms with Gasteiger partial charge in [-0.25, -0.2) is 0 Å². The van der Waals surface area contributed by atoms with Crippen molar-refractivity contribution in [2.24, 2.45) is 5.92 Å². The molecule has 0 N–H and O–H groups in total. The number of carbonyl (C=O) groups excluding carboxylic acids is 1. The molecule has 1 aromatic rings. The average molecular weight is 228 g/mol. The molecule has 0 spiro atoms. The SMILES string of the molecule is CC(=O)[C@@H]1C[C@@H]1c1ccccc1C(F)(F)F. The van der Waals surface area contributed by atoms with Gasteiger partial charge >= 0.3 is 6.18 Å². The van der Waals surface area contributed by atoms with Crippen LogP contribution in [0.3, 0.4) is 0 Å². The molecule has 0 heterocycles. The van der Waals surface area contributed by atoms with Crippen molar-refractivity contribution >= 4 is 5.78 Å². The van der Waals surface area contributed by atoms with Gasteiger partial charge in [-0.2, -0.15) is 13.2 Å². The van der Waals surface area contributed by atoms with Crippen molar-refractivity contribution in [2.75, 3.05) is 0 Å². The summed E-state index contributed by atoms with van der Waals surface area (Å²) in [5.74, 6) is -0.485. The quantitative estimate of drug-likeness (QED) is 0.758. The standard InChI is InChI=1S/C12H11F3O/c1-7(16)9-6-10(9)8-4-2-3-5-11(8)12(13,14)15/h2-5,9-10H,6H2,1H3/t9-,10+/m0/s1. The number of rotatable bonds is 2. The molecule has 4 heteroatoms. The number of Topliss-reactive ketones (excluding diaryl/α,β-unsaturated/α-hetero) is 1. The number of halogens is 3. The Morgan fingerprint density at radius 3 is 2.44 bits per heavy atom. The van der Waals surface area contributed by atoms with Gasteiger partial charge in [0.05, 0.1) is 5.56 Å². The third-order valence-electron chi connectivity index (χ3n) is 2.98. The summed E-state index contributed by atoms with van der Waals surface area (Å²) in [5.41, 5.74) is -0.348. The Morgan fingerprint density at radius 1 is 1.31 bits per heavy atom. The number of carbonyl (C=O) groups is 1. The van der Waals surface area contributed by atoms with Crippen LogP contribution in [0.15, 0.2) is 24.3 Å². The van der Waals surface area contributed by atoms with Crippen LogP contribution >= 0.6 is 0 Å². The third kappa shape index (κ3) is 1.96. The van der Waals surface area contributed by atoms with Crippen LogP contribution < -0.4 is 0 Å². The number of hydrogen-bond donors (Lipinski definition) is 0. The Kier molecular flexibility index (Phi) is 2.52. The summed E-state index contributed by atoms with van der Waals surface area (Å²) in [7, 11) is 0. The number of benzene rings is 1. The predicted octanol–water partition coefficient (Wildman–Crippen LogP) is 3.40. The van der Waals surface area contributed by atoms with E-state index >= 15 is 0 Å². The largest absolute Gasteiger partial charge is 0.416 e. The van der Waals surface area contributed by atoms with Crippen LogP contribution in [0.1, 0.15) is 30.4 Å². The van der Waals surface area contributed by atoms with Crippen molar-refractivity contribution < 1.29 is 18.0 Å². The summed E-state index contributed by atoms with van der Waals surface area (Å²) in [4.78, 5) is 11.1. The lowest BCUT2D eigenvalue weighted by atomic mass is 10.0. The summed E-state index contributed by atoms with van der Waals surface area (Å²) in [6.07, 6.45) is -3.79. The molecule has 0 unspecified atom stereocenters. The molecule has 0 aromatic heterocycles. The first-order valence-corrected chi connectivity index (χ1v) is 5.08. The van der Waals surface area contributed by atoms with Crippen molar-refractivity contribution in [3.8, 4) is 0 Å². The Labute approximate surface area is 91.3 Å². The van der Waals surface area contributed by atoms with Crippen LogP contribution in [0, 0.1) is 5.92 Å². The first-order chi connectivity index (χ1) is 7.41. The van der Waals surface area contributed by atoms with Crippen molar-refractivity contribution in [1.29, 1.82) is 0 Å². The summed E-state index contributed by atoms with van der Waals surface area (Å²) < 4.78 is 38.0. The second kappa shape index (κ2) is 3.61. The highest BCUT2D eigenvalue weighted by Crippen LogP contribution is 2.51. The second-order valence-electron chi connectivity index (χ2n) is 4.14. The van der Waals surface area contributed by atoms with E-state index in [0.717, 1.165) is 6.07 Å². The fourth-order valence-corrected chi connectivity index (χ4v) is 2.07. The van der Waals surface area contributed by atoms with E-state index < -0.39 is 11.7 Å². The molecule has 1 saturated carbocycles. The minimum atomic E-state index is -4.33. The average Bonchev–Trinajstić information content (AvgIpc) is 2.95.